The van der Waals surface area contributed by atoms with Gasteiger partial charge < -0.3 is 10.1 Å². The van der Waals surface area contributed by atoms with Crippen molar-refractivity contribution in [3.63, 3.8) is 0 Å². The molecule has 1 heterocycles. The molecule has 0 fully saturated rings. The van der Waals surface area contributed by atoms with E-state index in [0.717, 1.165) is 16.6 Å². The molecule has 2 rings (SSSR count). The summed E-state index contributed by atoms with van der Waals surface area (Å²) in [5, 5.41) is 10.8. The van der Waals surface area contributed by atoms with E-state index in [-0.39, 0.29) is 0 Å². The van der Waals surface area contributed by atoms with Gasteiger partial charge in [-0.25, -0.2) is 4.79 Å². The summed E-state index contributed by atoms with van der Waals surface area (Å²) in [6.45, 7) is 5.84. The van der Waals surface area contributed by atoms with Crippen molar-refractivity contribution in [3.05, 3.63) is 30.0 Å². The van der Waals surface area contributed by atoms with Crippen LogP contribution in [0, 0.1) is 0 Å². The topological polar surface area (TPSA) is 67.0 Å². The van der Waals surface area contributed by atoms with Crippen LogP contribution in [-0.4, -0.2) is 21.9 Å². The summed E-state index contributed by atoms with van der Waals surface area (Å²) < 4.78 is 5.16. The van der Waals surface area contributed by atoms with Crippen LogP contribution in [-0.2, 0) is 11.3 Å². The first-order valence-electron chi connectivity index (χ1n) is 5.84. The third-order valence-electron chi connectivity index (χ3n) is 2.35. The number of para-hydroxylation sites is 1. The number of hydrogen-bond donors (Lipinski definition) is 2. The van der Waals surface area contributed by atoms with E-state index in [9.17, 15) is 4.79 Å². The number of benzene rings is 1. The van der Waals surface area contributed by atoms with Crippen LogP contribution in [0.15, 0.2) is 24.3 Å². The Morgan fingerprint density at radius 1 is 1.39 bits per heavy atom. The molecular formula is C13H17N3O2. The van der Waals surface area contributed by atoms with Gasteiger partial charge in [0.2, 0.25) is 0 Å². The Morgan fingerprint density at radius 2 is 2.11 bits per heavy atom. The standard InChI is InChI=1S/C13H17N3O2/c1-13(2,3)18-12(17)14-8-11-9-6-4-5-7-10(9)15-16-11/h4-7H,8H2,1-3H3,(H,14,17)(H,15,16). The fraction of sp³-hybridized carbons (Fsp3) is 0.385. The molecule has 1 amide bonds. The molecule has 5 heteroatoms. The molecule has 0 spiro atoms. The number of hydrogen-bond acceptors (Lipinski definition) is 3. The SMILES string of the molecule is CC(C)(C)OC(=O)NCc1n[nH]c2ccccc12. The molecule has 2 aromatic rings. The summed E-state index contributed by atoms with van der Waals surface area (Å²) >= 11 is 0. The second-order valence-electron chi connectivity index (χ2n) is 5.07. The lowest BCUT2D eigenvalue weighted by atomic mass is 10.2. The van der Waals surface area contributed by atoms with E-state index >= 15 is 0 Å². The first-order chi connectivity index (χ1) is 8.46. The quantitative estimate of drug-likeness (QED) is 0.857. The number of nitrogens with zero attached hydrogens (tertiary/aromatic N) is 1. The summed E-state index contributed by atoms with van der Waals surface area (Å²) in [5.74, 6) is 0. The van der Waals surface area contributed by atoms with Crippen molar-refractivity contribution in [1.29, 1.82) is 0 Å². The van der Waals surface area contributed by atoms with Crippen LogP contribution in [0.2, 0.25) is 0 Å². The average molecular weight is 247 g/mol. The molecule has 18 heavy (non-hydrogen) atoms. The molecular weight excluding hydrogens is 230 g/mol. The van der Waals surface area contributed by atoms with Crippen LogP contribution < -0.4 is 5.32 Å². The fourth-order valence-electron chi connectivity index (χ4n) is 1.63. The van der Waals surface area contributed by atoms with Crippen LogP contribution in [0.1, 0.15) is 26.5 Å². The summed E-state index contributed by atoms with van der Waals surface area (Å²) in [7, 11) is 0. The minimum absolute atomic E-state index is 0.346. The Balaban J connectivity index is 2.00. The highest BCUT2D eigenvalue weighted by molar-refractivity contribution is 5.81. The zero-order valence-corrected chi connectivity index (χ0v) is 10.8. The predicted octanol–water partition coefficient (Wildman–Crippen LogP) is 2.59. The van der Waals surface area contributed by atoms with Crippen molar-refractivity contribution in [2.45, 2.75) is 32.9 Å². The average Bonchev–Trinajstić information content (AvgIpc) is 2.67. The molecule has 2 N–H and O–H groups in total. The van der Waals surface area contributed by atoms with E-state index in [0.29, 0.717) is 6.54 Å². The van der Waals surface area contributed by atoms with Crippen LogP contribution in [0.25, 0.3) is 10.9 Å². The number of fused-ring (bicyclic) bond motifs is 1. The minimum Gasteiger partial charge on any atom is -0.444 e. The number of carbonyl (C=O) groups is 1. The van der Waals surface area contributed by atoms with Crippen LogP contribution >= 0.6 is 0 Å². The van der Waals surface area contributed by atoms with Crippen molar-refractivity contribution in [2.75, 3.05) is 0 Å². The summed E-state index contributed by atoms with van der Waals surface area (Å²) in [6.07, 6.45) is -0.436. The van der Waals surface area contributed by atoms with Gasteiger partial charge in [-0.1, -0.05) is 18.2 Å². The largest absolute Gasteiger partial charge is 0.444 e. The molecule has 0 unspecified atom stereocenters. The molecule has 0 aliphatic heterocycles. The number of carbonyl (C=O) groups excluding carboxylic acids is 1. The first kappa shape index (κ1) is 12.4. The van der Waals surface area contributed by atoms with Crippen LogP contribution in [0.5, 0.6) is 0 Å². The van der Waals surface area contributed by atoms with Gasteiger partial charge in [0.1, 0.15) is 5.60 Å². The molecule has 0 bridgehead atoms. The maximum absolute atomic E-state index is 11.5. The fourth-order valence-corrected chi connectivity index (χ4v) is 1.63. The number of amides is 1. The minimum atomic E-state index is -0.488. The molecule has 0 aliphatic rings. The maximum atomic E-state index is 11.5. The van der Waals surface area contributed by atoms with E-state index in [1.807, 2.05) is 45.0 Å². The molecule has 1 aromatic carbocycles. The number of H-pyrrole nitrogens is 1. The van der Waals surface area contributed by atoms with Crippen molar-refractivity contribution in [1.82, 2.24) is 15.5 Å². The highest BCUT2D eigenvalue weighted by atomic mass is 16.6. The van der Waals surface area contributed by atoms with E-state index in [4.69, 9.17) is 4.74 Å². The molecule has 0 atom stereocenters. The molecule has 96 valence electrons. The second kappa shape index (κ2) is 4.68. The number of nitrogens with one attached hydrogen (secondary N) is 2. The third-order valence-corrected chi connectivity index (χ3v) is 2.35. The van der Waals surface area contributed by atoms with Gasteiger partial charge in [-0.2, -0.15) is 5.10 Å². The number of aromatic amines is 1. The van der Waals surface area contributed by atoms with Gasteiger partial charge in [-0.3, -0.25) is 5.10 Å². The zero-order chi connectivity index (χ0) is 13.2. The molecule has 0 aliphatic carbocycles. The highest BCUT2D eigenvalue weighted by Gasteiger charge is 2.16. The highest BCUT2D eigenvalue weighted by Crippen LogP contribution is 2.14. The van der Waals surface area contributed by atoms with E-state index in [1.165, 1.54) is 0 Å². The van der Waals surface area contributed by atoms with E-state index in [1.54, 1.807) is 0 Å². The monoisotopic (exact) mass is 247 g/mol. The molecule has 0 saturated carbocycles. The van der Waals surface area contributed by atoms with Crippen LogP contribution in [0.4, 0.5) is 4.79 Å². The Kier molecular flexibility index (Phi) is 3.23. The smallest absolute Gasteiger partial charge is 0.407 e. The van der Waals surface area contributed by atoms with E-state index < -0.39 is 11.7 Å². The maximum Gasteiger partial charge on any atom is 0.407 e. The Morgan fingerprint density at radius 3 is 2.83 bits per heavy atom. The van der Waals surface area contributed by atoms with Gasteiger partial charge in [0.15, 0.2) is 0 Å². The van der Waals surface area contributed by atoms with Crippen molar-refractivity contribution < 1.29 is 9.53 Å². The molecule has 0 saturated heterocycles. The summed E-state index contributed by atoms with van der Waals surface area (Å²) in [4.78, 5) is 11.5. The Bertz CT molecular complexity index is 555. The van der Waals surface area contributed by atoms with Gasteiger partial charge >= 0.3 is 6.09 Å². The lowest BCUT2D eigenvalue weighted by Crippen LogP contribution is -2.32. The number of rotatable bonds is 2. The van der Waals surface area contributed by atoms with E-state index in [2.05, 4.69) is 15.5 Å². The summed E-state index contributed by atoms with van der Waals surface area (Å²) in [5.41, 5.74) is 1.27. The Labute approximate surface area is 106 Å². The van der Waals surface area contributed by atoms with Crippen molar-refractivity contribution in [2.24, 2.45) is 0 Å². The normalized spacial score (nSPS) is 11.5. The number of ether oxygens (including phenoxy) is 1. The van der Waals surface area contributed by atoms with Crippen molar-refractivity contribution >= 4 is 17.0 Å². The van der Waals surface area contributed by atoms with Gasteiger partial charge in [-0.15, -0.1) is 0 Å². The predicted molar refractivity (Wildman–Crippen MR) is 69.2 cm³/mol. The molecule has 5 nitrogen and oxygen atoms in total. The lowest BCUT2D eigenvalue weighted by molar-refractivity contribution is 0.0523. The number of aromatic nitrogens is 2. The molecule has 1 aromatic heterocycles. The second-order valence-corrected chi connectivity index (χ2v) is 5.07. The first-order valence-corrected chi connectivity index (χ1v) is 5.84. The molecule has 0 radical (unpaired) electrons. The van der Waals surface area contributed by atoms with Crippen LogP contribution in [0.3, 0.4) is 0 Å². The lowest BCUT2D eigenvalue weighted by Gasteiger charge is -2.19. The van der Waals surface area contributed by atoms with Crippen molar-refractivity contribution in [3.8, 4) is 0 Å². The summed E-state index contributed by atoms with van der Waals surface area (Å²) in [6, 6.07) is 7.78. The Hall–Kier alpha value is -2.04. The van der Waals surface area contributed by atoms with Gasteiger partial charge in [-0.05, 0) is 26.8 Å². The zero-order valence-electron chi connectivity index (χ0n) is 10.8. The number of alkyl carbamates (subject to hydrolysis) is 1. The van der Waals surface area contributed by atoms with Gasteiger partial charge in [0, 0.05) is 5.39 Å². The third kappa shape index (κ3) is 3.00. The van der Waals surface area contributed by atoms with Gasteiger partial charge in [0.05, 0.1) is 17.8 Å². The van der Waals surface area contributed by atoms with Gasteiger partial charge in [0.25, 0.3) is 0 Å².